The van der Waals surface area contributed by atoms with E-state index in [1.165, 1.54) is 109 Å². The summed E-state index contributed by atoms with van der Waals surface area (Å²) in [6.07, 6.45) is 26.2. The SMILES string of the molecule is CCCCCCCCCCCCC(CC)(CC(CCCC)CCCCCBr)C(C)=O. The van der Waals surface area contributed by atoms with Crippen molar-refractivity contribution in [2.45, 2.75) is 156 Å². The summed E-state index contributed by atoms with van der Waals surface area (Å²) < 4.78 is 0. The van der Waals surface area contributed by atoms with Crippen molar-refractivity contribution in [3.8, 4) is 0 Å². The minimum absolute atomic E-state index is 0.0476. The molecule has 0 heterocycles. The topological polar surface area (TPSA) is 17.1 Å². The summed E-state index contributed by atoms with van der Waals surface area (Å²) in [5.41, 5.74) is -0.0476. The molecule has 1 nitrogen and oxygen atoms in total. The average Bonchev–Trinajstić information content (AvgIpc) is 2.74. The number of halogens is 1. The van der Waals surface area contributed by atoms with Crippen molar-refractivity contribution < 1.29 is 4.79 Å². The summed E-state index contributed by atoms with van der Waals surface area (Å²) in [5.74, 6) is 1.20. The van der Waals surface area contributed by atoms with Gasteiger partial charge in [-0.2, -0.15) is 0 Å². The number of hydrogen-bond acceptors (Lipinski definition) is 1. The molecule has 0 bridgehead atoms. The zero-order valence-electron chi connectivity index (χ0n) is 21.2. The van der Waals surface area contributed by atoms with E-state index in [1.54, 1.807) is 0 Å². The van der Waals surface area contributed by atoms with Crippen LogP contribution in [0.25, 0.3) is 0 Å². The highest BCUT2D eigenvalue weighted by Gasteiger charge is 2.35. The van der Waals surface area contributed by atoms with Crippen molar-refractivity contribution in [1.82, 2.24) is 0 Å². The lowest BCUT2D eigenvalue weighted by atomic mass is 9.69. The Morgan fingerprint density at radius 2 is 1.20 bits per heavy atom. The fraction of sp³-hybridized carbons (Fsp3) is 0.964. The van der Waals surface area contributed by atoms with Crippen LogP contribution in [0.1, 0.15) is 156 Å². The minimum atomic E-state index is -0.0476. The highest BCUT2D eigenvalue weighted by atomic mass is 79.9. The minimum Gasteiger partial charge on any atom is -0.299 e. The van der Waals surface area contributed by atoms with Gasteiger partial charge in [-0.15, -0.1) is 0 Å². The van der Waals surface area contributed by atoms with Crippen molar-refractivity contribution in [3.63, 3.8) is 0 Å². The molecule has 0 aliphatic rings. The normalized spacial score (nSPS) is 14.6. The molecule has 0 aliphatic heterocycles. The lowest BCUT2D eigenvalue weighted by Gasteiger charge is -2.34. The van der Waals surface area contributed by atoms with Gasteiger partial charge in [0.2, 0.25) is 0 Å². The molecule has 0 rings (SSSR count). The van der Waals surface area contributed by atoms with Gasteiger partial charge < -0.3 is 0 Å². The Bertz CT molecular complexity index is 381. The molecule has 0 fully saturated rings. The molecule has 0 amide bonds. The van der Waals surface area contributed by atoms with Gasteiger partial charge in [0.05, 0.1) is 0 Å². The standard InChI is InChI=1S/C28H55BrO/c1-5-8-10-11-12-13-14-15-16-19-23-28(7-3,26(4)30)25-27(21-9-6-2)22-18-17-20-24-29/h27H,5-25H2,1-4H3. The molecule has 180 valence electrons. The third-order valence-electron chi connectivity index (χ3n) is 7.32. The maximum atomic E-state index is 12.8. The number of unbranched alkanes of at least 4 members (excludes halogenated alkanes) is 12. The maximum Gasteiger partial charge on any atom is 0.135 e. The van der Waals surface area contributed by atoms with Gasteiger partial charge in [-0.05, 0) is 38.5 Å². The quantitative estimate of drug-likeness (QED) is 0.103. The van der Waals surface area contributed by atoms with Crippen LogP contribution in [-0.4, -0.2) is 11.1 Å². The molecule has 0 radical (unpaired) electrons. The van der Waals surface area contributed by atoms with Gasteiger partial charge in [0.25, 0.3) is 0 Å². The number of hydrogen-bond donors (Lipinski definition) is 0. The van der Waals surface area contributed by atoms with E-state index < -0.39 is 0 Å². The van der Waals surface area contributed by atoms with Gasteiger partial charge in [0.15, 0.2) is 0 Å². The third-order valence-corrected chi connectivity index (χ3v) is 7.88. The predicted octanol–water partition coefficient (Wildman–Crippen LogP) is 10.4. The first-order valence-corrected chi connectivity index (χ1v) is 14.7. The molecule has 2 atom stereocenters. The van der Waals surface area contributed by atoms with E-state index in [0.29, 0.717) is 5.78 Å². The second-order valence-electron chi connectivity index (χ2n) is 9.87. The van der Waals surface area contributed by atoms with E-state index >= 15 is 0 Å². The van der Waals surface area contributed by atoms with Crippen LogP contribution in [0, 0.1) is 11.3 Å². The summed E-state index contributed by atoms with van der Waals surface area (Å²) in [5, 5.41) is 1.12. The fourth-order valence-corrected chi connectivity index (χ4v) is 5.44. The van der Waals surface area contributed by atoms with Crippen LogP contribution in [0.3, 0.4) is 0 Å². The third kappa shape index (κ3) is 15.0. The number of rotatable bonds is 23. The molecule has 0 aliphatic carbocycles. The Balaban J connectivity index is 4.42. The number of carbonyl (C=O) groups excluding carboxylic acids is 1. The molecule has 0 saturated carbocycles. The second kappa shape index (κ2) is 21.0. The summed E-state index contributed by atoms with van der Waals surface area (Å²) >= 11 is 3.56. The van der Waals surface area contributed by atoms with Crippen LogP contribution >= 0.6 is 15.9 Å². The Kier molecular flexibility index (Phi) is 21.1. The summed E-state index contributed by atoms with van der Waals surface area (Å²) in [4.78, 5) is 12.8. The van der Waals surface area contributed by atoms with E-state index in [2.05, 4.69) is 36.7 Å². The largest absolute Gasteiger partial charge is 0.299 e. The fourth-order valence-electron chi connectivity index (χ4n) is 5.04. The molecular formula is C28H55BrO. The van der Waals surface area contributed by atoms with E-state index in [1.807, 2.05) is 6.92 Å². The average molecular weight is 488 g/mol. The number of alkyl halides is 1. The van der Waals surface area contributed by atoms with Gasteiger partial charge in [-0.25, -0.2) is 0 Å². The first kappa shape index (κ1) is 30.1. The summed E-state index contributed by atoms with van der Waals surface area (Å²) in [6.45, 7) is 8.72. The molecule has 30 heavy (non-hydrogen) atoms. The van der Waals surface area contributed by atoms with Gasteiger partial charge in [-0.3, -0.25) is 4.79 Å². The lowest BCUT2D eigenvalue weighted by molar-refractivity contribution is -0.128. The predicted molar refractivity (Wildman–Crippen MR) is 140 cm³/mol. The van der Waals surface area contributed by atoms with Crippen LogP contribution < -0.4 is 0 Å². The molecular weight excluding hydrogens is 432 g/mol. The molecule has 0 N–H and O–H groups in total. The van der Waals surface area contributed by atoms with Gasteiger partial charge in [0, 0.05) is 10.7 Å². The van der Waals surface area contributed by atoms with Crippen LogP contribution in [0.15, 0.2) is 0 Å². The first-order valence-electron chi connectivity index (χ1n) is 13.6. The Labute approximate surface area is 199 Å². The van der Waals surface area contributed by atoms with E-state index in [9.17, 15) is 4.79 Å². The van der Waals surface area contributed by atoms with Crippen LogP contribution in [0.5, 0.6) is 0 Å². The molecule has 2 unspecified atom stereocenters. The zero-order chi connectivity index (χ0) is 22.5. The van der Waals surface area contributed by atoms with Crippen LogP contribution in [0.2, 0.25) is 0 Å². The Hall–Kier alpha value is 0.150. The Morgan fingerprint density at radius 1 is 0.700 bits per heavy atom. The molecule has 0 spiro atoms. The molecule has 0 aromatic rings. The van der Waals surface area contributed by atoms with Gasteiger partial charge in [0.1, 0.15) is 5.78 Å². The number of ketones is 1. The van der Waals surface area contributed by atoms with Crippen molar-refractivity contribution in [3.05, 3.63) is 0 Å². The van der Waals surface area contributed by atoms with E-state index in [4.69, 9.17) is 0 Å². The summed E-state index contributed by atoms with van der Waals surface area (Å²) in [6, 6.07) is 0. The van der Waals surface area contributed by atoms with Gasteiger partial charge >= 0.3 is 0 Å². The molecule has 0 aromatic heterocycles. The molecule has 2 heteroatoms. The maximum absolute atomic E-state index is 12.8. The van der Waals surface area contributed by atoms with Crippen molar-refractivity contribution in [2.24, 2.45) is 11.3 Å². The van der Waals surface area contributed by atoms with Crippen molar-refractivity contribution in [1.29, 1.82) is 0 Å². The molecule has 0 aromatic carbocycles. The first-order chi connectivity index (χ1) is 14.6. The highest BCUT2D eigenvalue weighted by molar-refractivity contribution is 9.09. The van der Waals surface area contributed by atoms with Crippen molar-refractivity contribution >= 4 is 21.7 Å². The van der Waals surface area contributed by atoms with Crippen molar-refractivity contribution in [2.75, 3.05) is 5.33 Å². The Morgan fingerprint density at radius 3 is 1.70 bits per heavy atom. The molecule has 0 saturated heterocycles. The summed E-state index contributed by atoms with van der Waals surface area (Å²) in [7, 11) is 0. The smallest absolute Gasteiger partial charge is 0.135 e. The lowest BCUT2D eigenvalue weighted by Crippen LogP contribution is -2.31. The second-order valence-corrected chi connectivity index (χ2v) is 10.7. The van der Waals surface area contributed by atoms with Gasteiger partial charge in [-0.1, -0.05) is 139 Å². The van der Waals surface area contributed by atoms with Crippen LogP contribution in [0.4, 0.5) is 0 Å². The number of carbonyl (C=O) groups is 1. The monoisotopic (exact) mass is 486 g/mol. The van der Waals surface area contributed by atoms with Crippen LogP contribution in [-0.2, 0) is 4.79 Å². The number of Topliss-reactive ketones (excluding diaryl/α,β-unsaturated/α-hetero) is 1. The highest BCUT2D eigenvalue weighted by Crippen LogP contribution is 2.40. The van der Waals surface area contributed by atoms with E-state index in [0.717, 1.165) is 30.5 Å². The zero-order valence-corrected chi connectivity index (χ0v) is 22.8. The van der Waals surface area contributed by atoms with E-state index in [-0.39, 0.29) is 5.41 Å².